The highest BCUT2D eigenvalue weighted by molar-refractivity contribution is 5.77. The molecule has 0 heterocycles. The predicted octanol–water partition coefficient (Wildman–Crippen LogP) is 0.995. The number of carbonyl (C=O) groups excluding carboxylic acids is 1. The Labute approximate surface area is 105 Å². The summed E-state index contributed by atoms with van der Waals surface area (Å²) in [6.45, 7) is 3.70. The number of aliphatic carboxylic acids is 1. The molecule has 0 unspecified atom stereocenters. The van der Waals surface area contributed by atoms with Gasteiger partial charge in [0.05, 0.1) is 6.42 Å². The summed E-state index contributed by atoms with van der Waals surface area (Å²) in [5.74, 6) is -0.809. The van der Waals surface area contributed by atoms with E-state index in [1.807, 2.05) is 0 Å². The molecule has 0 radical (unpaired) electrons. The van der Waals surface area contributed by atoms with Gasteiger partial charge in [-0.1, -0.05) is 24.3 Å². The number of rotatable bonds is 7. The van der Waals surface area contributed by atoms with Crippen molar-refractivity contribution in [1.82, 2.24) is 5.32 Å². The Kier molecular flexibility index (Phi) is 5.44. The number of carbonyl (C=O) groups is 2. The molecule has 0 spiro atoms. The number of nitrogens with one attached hydrogen (secondary N) is 1. The first-order valence-corrected chi connectivity index (χ1v) is 5.43. The van der Waals surface area contributed by atoms with Crippen molar-refractivity contribution < 1.29 is 19.4 Å². The van der Waals surface area contributed by atoms with Crippen LogP contribution >= 0.6 is 0 Å². The number of hydrogen-bond acceptors (Lipinski definition) is 3. The quantitative estimate of drug-likeness (QED) is 0.707. The van der Waals surface area contributed by atoms with Gasteiger partial charge in [-0.15, -0.1) is 6.58 Å². The van der Waals surface area contributed by atoms with E-state index in [1.165, 1.54) is 0 Å². The topological polar surface area (TPSA) is 75.6 Å². The summed E-state index contributed by atoms with van der Waals surface area (Å²) in [6, 6.07) is 6.75. The van der Waals surface area contributed by atoms with Crippen molar-refractivity contribution in [1.29, 1.82) is 0 Å². The summed E-state index contributed by atoms with van der Waals surface area (Å²) in [6.07, 6.45) is 1.43. The van der Waals surface area contributed by atoms with Gasteiger partial charge >= 0.3 is 5.97 Å². The van der Waals surface area contributed by atoms with E-state index >= 15 is 0 Å². The highest BCUT2D eigenvalue weighted by Crippen LogP contribution is 2.18. The number of amides is 1. The maximum atomic E-state index is 11.3. The summed E-state index contributed by atoms with van der Waals surface area (Å²) < 4.78 is 5.29. The largest absolute Gasteiger partial charge is 0.483 e. The van der Waals surface area contributed by atoms with Crippen LogP contribution in [0.5, 0.6) is 5.75 Å². The zero-order chi connectivity index (χ0) is 13.4. The third-order valence-electron chi connectivity index (χ3n) is 2.12. The van der Waals surface area contributed by atoms with Gasteiger partial charge in [-0.05, 0) is 6.07 Å². The number of para-hydroxylation sites is 1. The maximum absolute atomic E-state index is 11.3. The van der Waals surface area contributed by atoms with Crippen LogP contribution in [-0.2, 0) is 16.0 Å². The monoisotopic (exact) mass is 249 g/mol. The minimum atomic E-state index is -0.942. The standard InChI is InChI=1S/C13H15NO4/c1-2-7-14-12(15)9-18-11-6-4-3-5-10(11)8-13(16)17/h2-6H,1,7-9H2,(H,14,15)(H,16,17). The summed E-state index contributed by atoms with van der Waals surface area (Å²) >= 11 is 0. The predicted molar refractivity (Wildman–Crippen MR) is 66.5 cm³/mol. The van der Waals surface area contributed by atoms with Gasteiger partial charge in [0.25, 0.3) is 5.91 Å². The third kappa shape index (κ3) is 4.69. The van der Waals surface area contributed by atoms with Crippen LogP contribution in [-0.4, -0.2) is 30.1 Å². The van der Waals surface area contributed by atoms with Crippen LogP contribution in [0.1, 0.15) is 5.56 Å². The average molecular weight is 249 g/mol. The lowest BCUT2D eigenvalue weighted by atomic mass is 10.1. The Morgan fingerprint density at radius 1 is 1.39 bits per heavy atom. The second kappa shape index (κ2) is 7.11. The lowest BCUT2D eigenvalue weighted by Gasteiger charge is -2.09. The van der Waals surface area contributed by atoms with Crippen molar-refractivity contribution in [2.24, 2.45) is 0 Å². The van der Waals surface area contributed by atoms with Crippen molar-refractivity contribution >= 4 is 11.9 Å². The molecule has 0 saturated heterocycles. The Hall–Kier alpha value is -2.30. The highest BCUT2D eigenvalue weighted by atomic mass is 16.5. The van der Waals surface area contributed by atoms with E-state index in [-0.39, 0.29) is 18.9 Å². The molecule has 0 aliphatic rings. The molecule has 5 heteroatoms. The first-order valence-electron chi connectivity index (χ1n) is 5.43. The van der Waals surface area contributed by atoms with Crippen molar-refractivity contribution in [3.8, 4) is 5.75 Å². The summed E-state index contributed by atoms with van der Waals surface area (Å²) in [5, 5.41) is 11.3. The molecule has 2 N–H and O–H groups in total. The second-order valence-corrected chi connectivity index (χ2v) is 3.56. The van der Waals surface area contributed by atoms with Crippen molar-refractivity contribution in [2.45, 2.75) is 6.42 Å². The number of hydrogen-bond donors (Lipinski definition) is 2. The molecule has 1 aromatic rings. The Bertz CT molecular complexity index is 442. The molecular weight excluding hydrogens is 234 g/mol. The minimum absolute atomic E-state index is 0.134. The van der Waals surface area contributed by atoms with Crippen LogP contribution in [0.3, 0.4) is 0 Å². The van der Waals surface area contributed by atoms with Gasteiger partial charge in [0, 0.05) is 12.1 Å². The fourth-order valence-corrected chi connectivity index (χ4v) is 1.33. The smallest absolute Gasteiger partial charge is 0.307 e. The molecule has 0 aliphatic heterocycles. The minimum Gasteiger partial charge on any atom is -0.483 e. The number of ether oxygens (including phenoxy) is 1. The van der Waals surface area contributed by atoms with Gasteiger partial charge in [0.15, 0.2) is 6.61 Å². The van der Waals surface area contributed by atoms with Crippen LogP contribution in [0.4, 0.5) is 0 Å². The molecule has 0 aliphatic carbocycles. The van der Waals surface area contributed by atoms with E-state index < -0.39 is 5.97 Å². The summed E-state index contributed by atoms with van der Waals surface area (Å²) in [5.41, 5.74) is 0.543. The zero-order valence-electron chi connectivity index (χ0n) is 9.89. The second-order valence-electron chi connectivity index (χ2n) is 3.56. The molecule has 0 saturated carbocycles. The fraction of sp³-hybridized carbons (Fsp3) is 0.231. The molecule has 1 aromatic carbocycles. The van der Waals surface area contributed by atoms with Crippen LogP contribution in [0.25, 0.3) is 0 Å². The van der Waals surface area contributed by atoms with Crippen molar-refractivity contribution in [2.75, 3.05) is 13.2 Å². The van der Waals surface area contributed by atoms with E-state index in [0.29, 0.717) is 17.9 Å². The van der Waals surface area contributed by atoms with Crippen molar-refractivity contribution in [3.63, 3.8) is 0 Å². The van der Waals surface area contributed by atoms with Gasteiger partial charge in [-0.2, -0.15) is 0 Å². The van der Waals surface area contributed by atoms with Crippen LogP contribution in [0.2, 0.25) is 0 Å². The van der Waals surface area contributed by atoms with Crippen LogP contribution in [0, 0.1) is 0 Å². The summed E-state index contributed by atoms with van der Waals surface area (Å²) in [4.78, 5) is 22.0. The van der Waals surface area contributed by atoms with E-state index in [2.05, 4.69) is 11.9 Å². The van der Waals surface area contributed by atoms with Gasteiger partial charge < -0.3 is 15.2 Å². The van der Waals surface area contributed by atoms with Crippen LogP contribution < -0.4 is 10.1 Å². The van der Waals surface area contributed by atoms with E-state index in [0.717, 1.165) is 0 Å². The maximum Gasteiger partial charge on any atom is 0.307 e. The Morgan fingerprint density at radius 2 is 2.11 bits per heavy atom. The lowest BCUT2D eigenvalue weighted by molar-refractivity contribution is -0.136. The highest BCUT2D eigenvalue weighted by Gasteiger charge is 2.08. The van der Waals surface area contributed by atoms with Gasteiger partial charge in [-0.3, -0.25) is 9.59 Å². The molecule has 0 fully saturated rings. The molecule has 0 aromatic heterocycles. The molecule has 5 nitrogen and oxygen atoms in total. The summed E-state index contributed by atoms with van der Waals surface area (Å²) in [7, 11) is 0. The Morgan fingerprint density at radius 3 is 2.78 bits per heavy atom. The molecule has 1 rings (SSSR count). The van der Waals surface area contributed by atoms with E-state index in [1.54, 1.807) is 30.3 Å². The first kappa shape index (κ1) is 13.8. The fourth-order valence-electron chi connectivity index (χ4n) is 1.33. The molecule has 0 bridgehead atoms. The van der Waals surface area contributed by atoms with Crippen LogP contribution in [0.15, 0.2) is 36.9 Å². The molecule has 1 amide bonds. The van der Waals surface area contributed by atoms with Gasteiger partial charge in [0.1, 0.15) is 5.75 Å². The SMILES string of the molecule is C=CCNC(=O)COc1ccccc1CC(=O)O. The lowest BCUT2D eigenvalue weighted by Crippen LogP contribution is -2.29. The number of carboxylic acids is 1. The number of benzene rings is 1. The first-order chi connectivity index (χ1) is 8.63. The van der Waals surface area contributed by atoms with E-state index in [4.69, 9.17) is 9.84 Å². The Balaban J connectivity index is 2.58. The third-order valence-corrected chi connectivity index (χ3v) is 2.12. The van der Waals surface area contributed by atoms with Crippen molar-refractivity contribution in [3.05, 3.63) is 42.5 Å². The normalized spacial score (nSPS) is 9.56. The van der Waals surface area contributed by atoms with Gasteiger partial charge in [-0.25, -0.2) is 0 Å². The molecular formula is C13H15NO4. The zero-order valence-corrected chi connectivity index (χ0v) is 9.89. The molecule has 96 valence electrons. The number of carboxylic acid groups (broad SMARTS) is 1. The molecule has 18 heavy (non-hydrogen) atoms. The average Bonchev–Trinajstić information content (AvgIpc) is 2.34. The molecule has 0 atom stereocenters. The van der Waals surface area contributed by atoms with E-state index in [9.17, 15) is 9.59 Å². The van der Waals surface area contributed by atoms with Gasteiger partial charge in [0.2, 0.25) is 0 Å².